The first-order valence-corrected chi connectivity index (χ1v) is 7.77. The van der Waals surface area contributed by atoms with Crippen LogP contribution in [-0.2, 0) is 13.1 Å². The molecule has 18 heavy (non-hydrogen) atoms. The van der Waals surface area contributed by atoms with Crippen molar-refractivity contribution in [1.29, 1.82) is 0 Å². The summed E-state index contributed by atoms with van der Waals surface area (Å²) < 4.78 is 1.22. The second kappa shape index (κ2) is 5.43. The molecule has 1 aliphatic heterocycles. The largest absolute Gasteiger partial charge is 0.365 e. The lowest BCUT2D eigenvalue weighted by molar-refractivity contribution is 0.689. The van der Waals surface area contributed by atoms with Gasteiger partial charge in [-0.25, -0.2) is 0 Å². The quantitative estimate of drug-likeness (QED) is 0.908. The minimum atomic E-state index is 0.971. The predicted molar refractivity (Wildman–Crippen MR) is 81.2 cm³/mol. The summed E-state index contributed by atoms with van der Waals surface area (Å²) in [5.41, 5.74) is 2.76. The molecule has 0 saturated heterocycles. The van der Waals surface area contributed by atoms with Gasteiger partial charge in [-0.3, -0.25) is 0 Å². The van der Waals surface area contributed by atoms with E-state index in [0.717, 1.165) is 26.2 Å². The van der Waals surface area contributed by atoms with Gasteiger partial charge in [-0.15, -0.1) is 11.3 Å². The summed E-state index contributed by atoms with van der Waals surface area (Å²) in [6.45, 7) is 4.05. The number of nitrogens with zero attached hydrogens (tertiary/aromatic N) is 1. The lowest BCUT2D eigenvalue weighted by Gasteiger charge is -2.24. The van der Waals surface area contributed by atoms with Gasteiger partial charge >= 0.3 is 0 Å². The zero-order valence-electron chi connectivity index (χ0n) is 10.0. The topological polar surface area (TPSA) is 15.3 Å². The van der Waals surface area contributed by atoms with Crippen LogP contribution < -0.4 is 10.2 Å². The van der Waals surface area contributed by atoms with Gasteiger partial charge in [0.15, 0.2) is 0 Å². The van der Waals surface area contributed by atoms with Crippen molar-refractivity contribution in [2.24, 2.45) is 0 Å². The van der Waals surface area contributed by atoms with Crippen LogP contribution in [0.25, 0.3) is 0 Å². The van der Waals surface area contributed by atoms with E-state index in [1.807, 2.05) is 11.3 Å². The highest BCUT2D eigenvalue weighted by Crippen LogP contribution is 2.28. The standard InChI is InChI=1S/C14H15BrN2S/c15-12-5-8-18-14(12)10-17-7-6-16-9-11-3-1-2-4-13(11)17/h1-5,8,16H,6-7,9-10H2. The van der Waals surface area contributed by atoms with Crippen LogP contribution in [0.1, 0.15) is 10.4 Å². The van der Waals surface area contributed by atoms with E-state index in [0.29, 0.717) is 0 Å². The number of benzene rings is 1. The fourth-order valence-corrected chi connectivity index (χ4v) is 3.79. The molecule has 3 rings (SSSR count). The van der Waals surface area contributed by atoms with Crippen LogP contribution in [0, 0.1) is 0 Å². The third-order valence-electron chi connectivity index (χ3n) is 3.23. The van der Waals surface area contributed by atoms with Crippen LogP contribution in [0.2, 0.25) is 0 Å². The summed E-state index contributed by atoms with van der Waals surface area (Å²) in [6, 6.07) is 10.8. The van der Waals surface area contributed by atoms with Crippen molar-refractivity contribution in [3.8, 4) is 0 Å². The lowest BCUT2D eigenvalue weighted by atomic mass is 10.1. The van der Waals surface area contributed by atoms with Gasteiger partial charge in [0.25, 0.3) is 0 Å². The number of nitrogens with one attached hydrogen (secondary N) is 1. The maximum absolute atomic E-state index is 3.62. The van der Waals surface area contributed by atoms with E-state index < -0.39 is 0 Å². The molecule has 4 heteroatoms. The summed E-state index contributed by atoms with van der Waals surface area (Å²) in [7, 11) is 0. The molecule has 0 amide bonds. The van der Waals surface area contributed by atoms with E-state index in [1.165, 1.54) is 20.6 Å². The normalized spacial score (nSPS) is 15.3. The van der Waals surface area contributed by atoms with Crippen molar-refractivity contribution in [2.75, 3.05) is 18.0 Å². The van der Waals surface area contributed by atoms with Gasteiger partial charge < -0.3 is 10.2 Å². The van der Waals surface area contributed by atoms with E-state index in [-0.39, 0.29) is 0 Å². The molecule has 94 valence electrons. The first-order chi connectivity index (χ1) is 8.84. The van der Waals surface area contributed by atoms with Crippen LogP contribution in [0.15, 0.2) is 40.2 Å². The van der Waals surface area contributed by atoms with Gasteiger partial charge in [0.1, 0.15) is 0 Å². The van der Waals surface area contributed by atoms with Crippen LogP contribution in [-0.4, -0.2) is 13.1 Å². The number of para-hydroxylation sites is 1. The Morgan fingerprint density at radius 2 is 2.17 bits per heavy atom. The van der Waals surface area contributed by atoms with Gasteiger partial charge in [0, 0.05) is 34.7 Å². The summed E-state index contributed by atoms with van der Waals surface area (Å²) in [6.07, 6.45) is 0. The highest BCUT2D eigenvalue weighted by molar-refractivity contribution is 9.10. The van der Waals surface area contributed by atoms with E-state index >= 15 is 0 Å². The molecule has 0 radical (unpaired) electrons. The van der Waals surface area contributed by atoms with E-state index in [2.05, 4.69) is 61.9 Å². The summed E-state index contributed by atoms with van der Waals surface area (Å²) >= 11 is 5.44. The molecule has 0 atom stereocenters. The van der Waals surface area contributed by atoms with Crippen LogP contribution in [0.3, 0.4) is 0 Å². The predicted octanol–water partition coefficient (Wildman–Crippen LogP) is 3.62. The fraction of sp³-hybridized carbons (Fsp3) is 0.286. The van der Waals surface area contributed by atoms with Crippen molar-refractivity contribution in [1.82, 2.24) is 5.32 Å². The zero-order chi connectivity index (χ0) is 12.4. The molecule has 2 nitrogen and oxygen atoms in total. The van der Waals surface area contributed by atoms with Crippen molar-refractivity contribution >= 4 is 33.0 Å². The molecule has 0 saturated carbocycles. The Labute approximate surface area is 120 Å². The van der Waals surface area contributed by atoms with E-state index in [1.54, 1.807) is 0 Å². The molecule has 0 fully saturated rings. The third kappa shape index (κ3) is 2.46. The van der Waals surface area contributed by atoms with E-state index in [9.17, 15) is 0 Å². The molecule has 0 spiro atoms. The molecule has 1 aliphatic rings. The van der Waals surface area contributed by atoms with Gasteiger partial charge in [-0.1, -0.05) is 18.2 Å². The smallest absolute Gasteiger partial charge is 0.0534 e. The SMILES string of the molecule is Brc1ccsc1CN1CCNCc2ccccc21. The van der Waals surface area contributed by atoms with Crippen molar-refractivity contribution in [3.05, 3.63) is 50.6 Å². The molecular weight excluding hydrogens is 308 g/mol. The Morgan fingerprint density at radius 3 is 3.00 bits per heavy atom. The number of hydrogen-bond acceptors (Lipinski definition) is 3. The van der Waals surface area contributed by atoms with Crippen LogP contribution >= 0.6 is 27.3 Å². The fourth-order valence-electron chi connectivity index (χ4n) is 2.30. The molecule has 0 aliphatic carbocycles. The number of thiophene rings is 1. The molecule has 1 aromatic carbocycles. The number of halogens is 1. The van der Waals surface area contributed by atoms with Crippen molar-refractivity contribution in [2.45, 2.75) is 13.1 Å². The first-order valence-electron chi connectivity index (χ1n) is 6.10. The Hall–Kier alpha value is -0.840. The lowest BCUT2D eigenvalue weighted by Crippen LogP contribution is -2.28. The second-order valence-electron chi connectivity index (χ2n) is 4.42. The van der Waals surface area contributed by atoms with Gasteiger partial charge in [0.2, 0.25) is 0 Å². The monoisotopic (exact) mass is 322 g/mol. The Morgan fingerprint density at radius 1 is 1.28 bits per heavy atom. The average molecular weight is 323 g/mol. The zero-order valence-corrected chi connectivity index (χ0v) is 12.4. The minimum absolute atomic E-state index is 0.971. The van der Waals surface area contributed by atoms with Gasteiger partial charge in [0.05, 0.1) is 6.54 Å². The summed E-state index contributed by atoms with van der Waals surface area (Å²) in [5.74, 6) is 0. The number of hydrogen-bond donors (Lipinski definition) is 1. The molecule has 2 aromatic rings. The third-order valence-corrected chi connectivity index (χ3v) is 5.14. The molecule has 0 bridgehead atoms. The second-order valence-corrected chi connectivity index (χ2v) is 6.27. The number of rotatable bonds is 2. The molecular formula is C14H15BrN2S. The van der Waals surface area contributed by atoms with Gasteiger partial charge in [-0.2, -0.15) is 0 Å². The van der Waals surface area contributed by atoms with Gasteiger partial charge in [-0.05, 0) is 39.0 Å². The number of anilines is 1. The van der Waals surface area contributed by atoms with Crippen molar-refractivity contribution in [3.63, 3.8) is 0 Å². The maximum Gasteiger partial charge on any atom is 0.0534 e. The Balaban J connectivity index is 1.90. The first kappa shape index (κ1) is 12.2. The maximum atomic E-state index is 3.62. The van der Waals surface area contributed by atoms with Crippen LogP contribution in [0.5, 0.6) is 0 Å². The van der Waals surface area contributed by atoms with Crippen LogP contribution in [0.4, 0.5) is 5.69 Å². The highest BCUT2D eigenvalue weighted by atomic mass is 79.9. The average Bonchev–Trinajstić information content (AvgIpc) is 2.68. The molecule has 2 heterocycles. The van der Waals surface area contributed by atoms with E-state index in [4.69, 9.17) is 0 Å². The minimum Gasteiger partial charge on any atom is -0.365 e. The molecule has 1 aromatic heterocycles. The Kier molecular flexibility index (Phi) is 3.68. The molecule has 0 unspecified atom stereocenters. The Bertz CT molecular complexity index is 538. The molecule has 1 N–H and O–H groups in total. The van der Waals surface area contributed by atoms with Crippen molar-refractivity contribution < 1.29 is 0 Å². The summed E-state index contributed by atoms with van der Waals surface area (Å²) in [5, 5.41) is 5.62. The highest BCUT2D eigenvalue weighted by Gasteiger charge is 2.15. The number of fused-ring (bicyclic) bond motifs is 1. The summed E-state index contributed by atoms with van der Waals surface area (Å²) in [4.78, 5) is 3.86.